The van der Waals surface area contributed by atoms with Crippen molar-refractivity contribution in [3.63, 3.8) is 0 Å². The molecule has 0 aliphatic carbocycles. The first-order valence-corrected chi connectivity index (χ1v) is 8.42. The summed E-state index contributed by atoms with van der Waals surface area (Å²) >= 11 is 0. The molecule has 0 aliphatic heterocycles. The van der Waals surface area contributed by atoms with Crippen molar-refractivity contribution in [2.24, 2.45) is 5.92 Å². The van der Waals surface area contributed by atoms with E-state index in [1.54, 1.807) is 0 Å². The molecule has 0 radical (unpaired) electrons. The predicted molar refractivity (Wildman–Crippen MR) is 85.1 cm³/mol. The van der Waals surface area contributed by atoms with Crippen LogP contribution in [-0.4, -0.2) is 0 Å². The lowest BCUT2D eigenvalue weighted by atomic mass is 10.0. The summed E-state index contributed by atoms with van der Waals surface area (Å²) in [6.07, 6.45) is 21.5. The van der Waals surface area contributed by atoms with Gasteiger partial charge in [-0.15, -0.1) is 0 Å². The molecular weight excluding hydrogens is 216 g/mol. The van der Waals surface area contributed by atoms with Crippen LogP contribution in [0.25, 0.3) is 0 Å². The third-order valence-electron chi connectivity index (χ3n) is 3.54. The molecule has 0 amide bonds. The summed E-state index contributed by atoms with van der Waals surface area (Å²) in [7, 11) is 0. The average Bonchev–Trinajstić information content (AvgIpc) is 2.34. The average molecular weight is 252 g/mol. The fourth-order valence-corrected chi connectivity index (χ4v) is 2.27. The van der Waals surface area contributed by atoms with Gasteiger partial charge in [-0.25, -0.2) is 0 Å². The first-order chi connectivity index (χ1) is 8.77. The van der Waals surface area contributed by atoms with Gasteiger partial charge in [-0.3, -0.25) is 0 Å². The van der Waals surface area contributed by atoms with E-state index in [2.05, 4.69) is 32.9 Å². The van der Waals surface area contributed by atoms with Gasteiger partial charge in [0.1, 0.15) is 0 Å². The quantitative estimate of drug-likeness (QED) is 0.247. The van der Waals surface area contributed by atoms with Gasteiger partial charge in [-0.2, -0.15) is 0 Å². The van der Waals surface area contributed by atoms with Crippen LogP contribution in [-0.2, 0) is 0 Å². The first-order valence-electron chi connectivity index (χ1n) is 8.42. The Morgan fingerprint density at radius 3 is 1.72 bits per heavy atom. The highest BCUT2D eigenvalue weighted by atomic mass is 14.0. The smallest absolute Gasteiger partial charge is 0.0351 e. The summed E-state index contributed by atoms with van der Waals surface area (Å²) in [5.74, 6) is 0.877. The van der Waals surface area contributed by atoms with Crippen LogP contribution in [0, 0.1) is 5.92 Å². The summed E-state index contributed by atoms with van der Waals surface area (Å²) in [4.78, 5) is 0. The number of unbranched alkanes of at least 4 members (excludes halogenated alkanes) is 9. The van der Waals surface area contributed by atoms with Crippen LogP contribution in [0.1, 0.15) is 97.8 Å². The maximum absolute atomic E-state index is 2.40. The molecule has 0 rings (SSSR count). The molecular formula is C18H36. The minimum absolute atomic E-state index is 0.877. The van der Waals surface area contributed by atoms with Gasteiger partial charge in [0, 0.05) is 0 Å². The molecule has 0 saturated heterocycles. The molecule has 0 nitrogen and oxygen atoms in total. The van der Waals surface area contributed by atoms with Gasteiger partial charge >= 0.3 is 0 Å². The maximum Gasteiger partial charge on any atom is -0.0351 e. The zero-order valence-electron chi connectivity index (χ0n) is 13.2. The van der Waals surface area contributed by atoms with Gasteiger partial charge in [-0.05, 0) is 31.6 Å². The lowest BCUT2D eigenvalue weighted by molar-refractivity contribution is 0.540. The molecule has 0 aromatic rings. The van der Waals surface area contributed by atoms with E-state index in [4.69, 9.17) is 0 Å². The fraction of sp³-hybridized carbons (Fsp3) is 0.889. The van der Waals surface area contributed by atoms with Gasteiger partial charge in [0.05, 0.1) is 0 Å². The van der Waals surface area contributed by atoms with Crippen LogP contribution in [0.3, 0.4) is 0 Å². The van der Waals surface area contributed by atoms with Gasteiger partial charge < -0.3 is 0 Å². The van der Waals surface area contributed by atoms with E-state index in [1.165, 1.54) is 77.0 Å². The number of rotatable bonds is 13. The maximum atomic E-state index is 2.40. The monoisotopic (exact) mass is 252 g/mol. The van der Waals surface area contributed by atoms with E-state index in [1.807, 2.05) is 0 Å². The molecule has 0 bridgehead atoms. The van der Waals surface area contributed by atoms with Crippen molar-refractivity contribution < 1.29 is 0 Å². The Labute approximate surface area is 116 Å². The first kappa shape index (κ1) is 17.7. The predicted octanol–water partition coefficient (Wildman–Crippen LogP) is 6.90. The van der Waals surface area contributed by atoms with E-state index in [0.29, 0.717) is 0 Å². The van der Waals surface area contributed by atoms with E-state index < -0.39 is 0 Å². The van der Waals surface area contributed by atoms with Crippen LogP contribution in [0.15, 0.2) is 12.2 Å². The molecule has 0 saturated carbocycles. The Hall–Kier alpha value is -0.260. The standard InChI is InChI=1S/C18H36/c1-4-5-6-7-8-9-10-11-12-13-14-15-16-17-18(2)3/h12-13,18H,4-11,14-17H2,1-3H3/b13-12-. The van der Waals surface area contributed by atoms with Crippen molar-refractivity contribution in [1.82, 2.24) is 0 Å². The van der Waals surface area contributed by atoms with Crippen molar-refractivity contribution in [2.75, 3.05) is 0 Å². The SMILES string of the molecule is CCCCCCCCC/C=C\CCCCC(C)C. The summed E-state index contributed by atoms with van der Waals surface area (Å²) in [6, 6.07) is 0. The van der Waals surface area contributed by atoms with Crippen molar-refractivity contribution in [2.45, 2.75) is 97.8 Å². The molecule has 0 spiro atoms. The van der Waals surface area contributed by atoms with E-state index in [-0.39, 0.29) is 0 Å². The number of hydrogen-bond acceptors (Lipinski definition) is 0. The van der Waals surface area contributed by atoms with E-state index >= 15 is 0 Å². The summed E-state index contributed by atoms with van der Waals surface area (Å²) < 4.78 is 0. The normalized spacial score (nSPS) is 11.8. The Morgan fingerprint density at radius 2 is 1.17 bits per heavy atom. The third kappa shape index (κ3) is 15.7. The highest BCUT2D eigenvalue weighted by Gasteiger charge is 1.92. The van der Waals surface area contributed by atoms with Gasteiger partial charge in [0.15, 0.2) is 0 Å². The molecule has 0 aromatic heterocycles. The largest absolute Gasteiger partial charge is 0.0885 e. The van der Waals surface area contributed by atoms with Crippen molar-refractivity contribution in [3.05, 3.63) is 12.2 Å². The number of allylic oxidation sites excluding steroid dienone is 2. The van der Waals surface area contributed by atoms with E-state index in [9.17, 15) is 0 Å². The Morgan fingerprint density at radius 1 is 0.667 bits per heavy atom. The molecule has 0 heterocycles. The Kier molecular flexibility index (Phi) is 14.6. The second-order valence-corrected chi connectivity index (χ2v) is 6.06. The number of hydrogen-bond donors (Lipinski definition) is 0. The highest BCUT2D eigenvalue weighted by molar-refractivity contribution is 4.81. The molecule has 0 unspecified atom stereocenters. The summed E-state index contributed by atoms with van der Waals surface area (Å²) in [5.41, 5.74) is 0. The van der Waals surface area contributed by atoms with Crippen LogP contribution in [0.5, 0.6) is 0 Å². The molecule has 0 N–H and O–H groups in total. The zero-order valence-corrected chi connectivity index (χ0v) is 13.2. The summed E-state index contributed by atoms with van der Waals surface area (Å²) in [5, 5.41) is 0. The van der Waals surface area contributed by atoms with Crippen LogP contribution in [0.4, 0.5) is 0 Å². The lowest BCUT2D eigenvalue weighted by Crippen LogP contribution is -1.85. The Bertz CT molecular complexity index is 167. The minimum atomic E-state index is 0.877. The van der Waals surface area contributed by atoms with Crippen molar-refractivity contribution in [3.8, 4) is 0 Å². The van der Waals surface area contributed by atoms with Gasteiger partial charge in [0.2, 0.25) is 0 Å². The molecule has 0 aliphatic rings. The zero-order chi connectivity index (χ0) is 13.5. The van der Waals surface area contributed by atoms with Crippen LogP contribution in [0.2, 0.25) is 0 Å². The lowest BCUT2D eigenvalue weighted by Gasteiger charge is -2.01. The molecule has 0 heteroatoms. The topological polar surface area (TPSA) is 0 Å². The second-order valence-electron chi connectivity index (χ2n) is 6.06. The molecule has 0 atom stereocenters. The third-order valence-corrected chi connectivity index (χ3v) is 3.54. The summed E-state index contributed by atoms with van der Waals surface area (Å²) in [6.45, 7) is 6.92. The van der Waals surface area contributed by atoms with Crippen LogP contribution >= 0.6 is 0 Å². The molecule has 108 valence electrons. The van der Waals surface area contributed by atoms with E-state index in [0.717, 1.165) is 5.92 Å². The van der Waals surface area contributed by atoms with Gasteiger partial charge in [0.25, 0.3) is 0 Å². The Balaban J connectivity index is 3.04. The van der Waals surface area contributed by atoms with Crippen LogP contribution < -0.4 is 0 Å². The highest BCUT2D eigenvalue weighted by Crippen LogP contribution is 2.10. The van der Waals surface area contributed by atoms with Crippen molar-refractivity contribution >= 4 is 0 Å². The molecule has 18 heavy (non-hydrogen) atoms. The molecule has 0 fully saturated rings. The van der Waals surface area contributed by atoms with Crippen molar-refractivity contribution in [1.29, 1.82) is 0 Å². The fourth-order valence-electron chi connectivity index (χ4n) is 2.27. The molecule has 0 aromatic carbocycles. The minimum Gasteiger partial charge on any atom is -0.0885 e. The van der Waals surface area contributed by atoms with Gasteiger partial charge in [-0.1, -0.05) is 84.3 Å². The second kappa shape index (κ2) is 14.8.